The summed E-state index contributed by atoms with van der Waals surface area (Å²) in [5.41, 5.74) is 0.601. The number of ether oxygens (including phenoxy) is 1. The predicted molar refractivity (Wildman–Crippen MR) is 56.2 cm³/mol. The standard InChI is InChI=1S/C11H15NO3/c1-9(11(13)14-2)5-6-12-8-10-4-3-7-15-10/h3-5,7,12H,6,8H2,1-2H3/b9-5+. The van der Waals surface area contributed by atoms with E-state index in [4.69, 9.17) is 4.42 Å². The third-order valence-electron chi connectivity index (χ3n) is 1.94. The zero-order valence-electron chi connectivity index (χ0n) is 8.95. The summed E-state index contributed by atoms with van der Waals surface area (Å²) in [5.74, 6) is 0.578. The van der Waals surface area contributed by atoms with Crippen molar-refractivity contribution in [2.45, 2.75) is 13.5 Å². The highest BCUT2D eigenvalue weighted by atomic mass is 16.5. The van der Waals surface area contributed by atoms with E-state index in [-0.39, 0.29) is 5.97 Å². The Bertz CT molecular complexity index is 328. The molecule has 1 aromatic rings. The summed E-state index contributed by atoms with van der Waals surface area (Å²) in [6.07, 6.45) is 3.42. The van der Waals surface area contributed by atoms with Crippen LogP contribution in [0.4, 0.5) is 0 Å². The average molecular weight is 209 g/mol. The van der Waals surface area contributed by atoms with Gasteiger partial charge in [-0.1, -0.05) is 6.08 Å². The van der Waals surface area contributed by atoms with Crippen LogP contribution >= 0.6 is 0 Å². The van der Waals surface area contributed by atoms with Crippen molar-refractivity contribution >= 4 is 5.97 Å². The van der Waals surface area contributed by atoms with Crippen LogP contribution in [0.5, 0.6) is 0 Å². The molecule has 82 valence electrons. The fraction of sp³-hybridized carbons (Fsp3) is 0.364. The van der Waals surface area contributed by atoms with Crippen molar-refractivity contribution in [2.75, 3.05) is 13.7 Å². The summed E-state index contributed by atoms with van der Waals surface area (Å²) < 4.78 is 9.70. The summed E-state index contributed by atoms with van der Waals surface area (Å²) in [5, 5.41) is 3.12. The molecular weight excluding hydrogens is 194 g/mol. The van der Waals surface area contributed by atoms with Crippen LogP contribution in [-0.4, -0.2) is 19.6 Å². The average Bonchev–Trinajstić information content (AvgIpc) is 2.75. The topological polar surface area (TPSA) is 51.5 Å². The van der Waals surface area contributed by atoms with Crippen molar-refractivity contribution in [3.05, 3.63) is 35.8 Å². The maximum atomic E-state index is 11.0. The van der Waals surface area contributed by atoms with Crippen LogP contribution < -0.4 is 5.32 Å². The van der Waals surface area contributed by atoms with E-state index in [9.17, 15) is 4.79 Å². The molecule has 0 aliphatic rings. The molecule has 1 rings (SSSR count). The second kappa shape index (κ2) is 6.03. The number of hydrogen-bond donors (Lipinski definition) is 1. The maximum Gasteiger partial charge on any atom is 0.333 e. The number of hydrogen-bond acceptors (Lipinski definition) is 4. The molecule has 15 heavy (non-hydrogen) atoms. The summed E-state index contributed by atoms with van der Waals surface area (Å²) in [6.45, 7) is 2.99. The van der Waals surface area contributed by atoms with E-state index < -0.39 is 0 Å². The molecule has 4 heteroatoms. The van der Waals surface area contributed by atoms with Crippen LogP contribution in [0, 0.1) is 0 Å². The van der Waals surface area contributed by atoms with Gasteiger partial charge in [0.2, 0.25) is 0 Å². The summed E-state index contributed by atoms with van der Waals surface area (Å²) in [6, 6.07) is 3.73. The molecule has 0 unspecified atom stereocenters. The molecule has 0 spiro atoms. The van der Waals surface area contributed by atoms with Crippen LogP contribution in [0.25, 0.3) is 0 Å². The van der Waals surface area contributed by atoms with Gasteiger partial charge in [0.15, 0.2) is 0 Å². The van der Waals surface area contributed by atoms with Gasteiger partial charge in [-0.2, -0.15) is 0 Å². The van der Waals surface area contributed by atoms with E-state index in [1.165, 1.54) is 7.11 Å². The minimum atomic E-state index is -0.296. The molecule has 0 aliphatic heterocycles. The second-order valence-corrected chi connectivity index (χ2v) is 3.09. The minimum absolute atomic E-state index is 0.296. The lowest BCUT2D eigenvalue weighted by molar-refractivity contribution is -0.136. The van der Waals surface area contributed by atoms with E-state index in [1.807, 2.05) is 12.1 Å². The van der Waals surface area contributed by atoms with E-state index >= 15 is 0 Å². The van der Waals surface area contributed by atoms with Crippen molar-refractivity contribution in [2.24, 2.45) is 0 Å². The molecule has 4 nitrogen and oxygen atoms in total. The Morgan fingerprint density at radius 2 is 2.47 bits per heavy atom. The fourth-order valence-electron chi connectivity index (χ4n) is 1.08. The molecule has 0 bridgehead atoms. The summed E-state index contributed by atoms with van der Waals surface area (Å²) in [7, 11) is 1.37. The Kier molecular flexibility index (Phi) is 4.63. The first kappa shape index (κ1) is 11.5. The minimum Gasteiger partial charge on any atom is -0.468 e. The monoisotopic (exact) mass is 209 g/mol. The van der Waals surface area contributed by atoms with Crippen molar-refractivity contribution in [3.63, 3.8) is 0 Å². The predicted octanol–water partition coefficient (Wildman–Crippen LogP) is 1.49. The van der Waals surface area contributed by atoms with Crippen LogP contribution in [0.15, 0.2) is 34.5 Å². The van der Waals surface area contributed by atoms with Gasteiger partial charge in [-0.3, -0.25) is 0 Å². The molecule has 1 heterocycles. The largest absolute Gasteiger partial charge is 0.468 e. The molecule has 0 saturated heterocycles. The highest BCUT2D eigenvalue weighted by Gasteiger charge is 2.01. The van der Waals surface area contributed by atoms with E-state index in [2.05, 4.69) is 10.1 Å². The quantitative estimate of drug-likeness (QED) is 0.453. The first-order chi connectivity index (χ1) is 7.24. The van der Waals surface area contributed by atoms with Crippen molar-refractivity contribution in [1.82, 2.24) is 5.32 Å². The molecular formula is C11H15NO3. The van der Waals surface area contributed by atoms with E-state index in [1.54, 1.807) is 19.3 Å². The van der Waals surface area contributed by atoms with Gasteiger partial charge in [-0.15, -0.1) is 0 Å². The third kappa shape index (κ3) is 3.99. The van der Waals surface area contributed by atoms with Crippen LogP contribution in [0.3, 0.4) is 0 Å². The van der Waals surface area contributed by atoms with Gasteiger partial charge in [0.05, 0.1) is 19.9 Å². The Hall–Kier alpha value is -1.55. The Balaban J connectivity index is 2.24. The zero-order valence-corrected chi connectivity index (χ0v) is 8.95. The molecule has 0 radical (unpaired) electrons. The van der Waals surface area contributed by atoms with Crippen LogP contribution in [-0.2, 0) is 16.1 Å². The first-order valence-corrected chi connectivity index (χ1v) is 4.72. The summed E-state index contributed by atoms with van der Waals surface area (Å²) in [4.78, 5) is 11.0. The Morgan fingerprint density at radius 3 is 3.07 bits per heavy atom. The molecule has 0 saturated carbocycles. The lowest BCUT2D eigenvalue weighted by Gasteiger charge is -2.00. The highest BCUT2D eigenvalue weighted by Crippen LogP contribution is 1.98. The molecule has 1 aromatic heterocycles. The van der Waals surface area contributed by atoms with Crippen molar-refractivity contribution in [1.29, 1.82) is 0 Å². The SMILES string of the molecule is COC(=O)/C(C)=C/CNCc1ccco1. The van der Waals surface area contributed by atoms with Gasteiger partial charge >= 0.3 is 5.97 Å². The maximum absolute atomic E-state index is 11.0. The molecule has 0 atom stereocenters. The number of rotatable bonds is 5. The molecule has 0 aliphatic carbocycles. The van der Waals surface area contributed by atoms with Crippen LogP contribution in [0.2, 0.25) is 0 Å². The third-order valence-corrected chi connectivity index (χ3v) is 1.94. The fourth-order valence-corrected chi connectivity index (χ4v) is 1.08. The number of nitrogens with one attached hydrogen (secondary N) is 1. The van der Waals surface area contributed by atoms with Gasteiger partial charge in [-0.05, 0) is 19.1 Å². The Labute approximate surface area is 88.9 Å². The molecule has 1 N–H and O–H groups in total. The van der Waals surface area contributed by atoms with Crippen LogP contribution in [0.1, 0.15) is 12.7 Å². The summed E-state index contributed by atoms with van der Waals surface area (Å²) >= 11 is 0. The van der Waals surface area contributed by atoms with Gasteiger partial charge in [-0.25, -0.2) is 4.79 Å². The smallest absolute Gasteiger partial charge is 0.333 e. The van der Waals surface area contributed by atoms with Crippen molar-refractivity contribution in [3.8, 4) is 0 Å². The molecule has 0 aromatic carbocycles. The number of carbonyl (C=O) groups is 1. The lowest BCUT2D eigenvalue weighted by atomic mass is 10.3. The zero-order chi connectivity index (χ0) is 11.1. The van der Waals surface area contributed by atoms with Gasteiger partial charge in [0.25, 0.3) is 0 Å². The van der Waals surface area contributed by atoms with Gasteiger partial charge in [0.1, 0.15) is 5.76 Å². The number of esters is 1. The van der Waals surface area contributed by atoms with Crippen molar-refractivity contribution < 1.29 is 13.9 Å². The number of methoxy groups -OCH3 is 1. The van der Waals surface area contributed by atoms with Gasteiger partial charge in [0, 0.05) is 12.1 Å². The number of carbonyl (C=O) groups excluding carboxylic acids is 1. The normalized spacial score (nSPS) is 11.5. The molecule has 0 fully saturated rings. The number of furan rings is 1. The molecule has 0 amide bonds. The van der Waals surface area contributed by atoms with E-state index in [0.29, 0.717) is 18.7 Å². The lowest BCUT2D eigenvalue weighted by Crippen LogP contribution is -2.14. The first-order valence-electron chi connectivity index (χ1n) is 4.72. The van der Waals surface area contributed by atoms with Gasteiger partial charge < -0.3 is 14.5 Å². The Morgan fingerprint density at radius 1 is 1.67 bits per heavy atom. The van der Waals surface area contributed by atoms with E-state index in [0.717, 1.165) is 5.76 Å². The highest BCUT2D eigenvalue weighted by molar-refractivity contribution is 5.87. The second-order valence-electron chi connectivity index (χ2n) is 3.09.